The number of pyridine rings is 1. The van der Waals surface area contributed by atoms with Gasteiger partial charge in [0.1, 0.15) is 28.8 Å². The molecular formula is C33H36Cl4N6O5S. The smallest absolute Gasteiger partial charge is 0.251 e. The Hall–Kier alpha value is -3.65. The molecule has 5 rings (SSSR count). The monoisotopic (exact) mass is 768 g/mol. The van der Waals surface area contributed by atoms with E-state index in [-0.39, 0.29) is 71.9 Å². The van der Waals surface area contributed by atoms with Gasteiger partial charge in [-0.2, -0.15) is 9.41 Å². The van der Waals surface area contributed by atoms with Gasteiger partial charge in [0.15, 0.2) is 0 Å². The molecule has 1 aromatic heterocycles. The van der Waals surface area contributed by atoms with Crippen molar-refractivity contribution in [2.45, 2.75) is 44.2 Å². The van der Waals surface area contributed by atoms with Crippen LogP contribution in [0.2, 0.25) is 10.0 Å². The number of sulfonamides is 1. The third kappa shape index (κ3) is 8.94. The lowest BCUT2D eigenvalue weighted by atomic mass is 10.1. The van der Waals surface area contributed by atoms with Crippen LogP contribution >= 0.6 is 48.0 Å². The molecule has 1 saturated heterocycles. The minimum Gasteiger partial charge on any atom is -0.487 e. The number of amides is 2. The van der Waals surface area contributed by atoms with Gasteiger partial charge in [-0.05, 0) is 74.2 Å². The van der Waals surface area contributed by atoms with E-state index in [1.165, 1.54) is 18.3 Å². The molecule has 0 radical (unpaired) electrons. The summed E-state index contributed by atoms with van der Waals surface area (Å²) in [5, 5.41) is 10.0. The Morgan fingerprint density at radius 1 is 1.06 bits per heavy atom. The average molecular weight is 771 g/mol. The topological polar surface area (TPSA) is 156 Å². The first-order chi connectivity index (χ1) is 22.5. The van der Waals surface area contributed by atoms with Crippen LogP contribution in [0.5, 0.6) is 5.75 Å². The molecule has 0 spiro atoms. The van der Waals surface area contributed by atoms with E-state index in [2.05, 4.69) is 20.7 Å². The molecule has 0 bridgehead atoms. The largest absolute Gasteiger partial charge is 0.487 e. The number of rotatable bonds is 11. The average Bonchev–Trinajstić information content (AvgIpc) is 3.55. The van der Waals surface area contributed by atoms with Crippen LogP contribution in [-0.4, -0.2) is 61.4 Å². The molecule has 49 heavy (non-hydrogen) atoms. The number of aryl methyl sites for hydroxylation is 2. The van der Waals surface area contributed by atoms with Crippen molar-refractivity contribution in [3.8, 4) is 5.75 Å². The molecule has 1 aliphatic rings. The second-order valence-corrected chi connectivity index (χ2v) is 13.7. The van der Waals surface area contributed by atoms with Gasteiger partial charge in [0, 0.05) is 46.9 Å². The number of nitrogens with one attached hydrogen (secondary N) is 2. The first-order valence-corrected chi connectivity index (χ1v) is 17.1. The lowest BCUT2D eigenvalue weighted by molar-refractivity contribution is -0.124. The van der Waals surface area contributed by atoms with Crippen LogP contribution in [-0.2, 0) is 21.4 Å². The van der Waals surface area contributed by atoms with Crippen LogP contribution in [0.4, 0.5) is 0 Å². The number of benzene rings is 3. The quantitative estimate of drug-likeness (QED) is 0.0780. The molecule has 1 aliphatic heterocycles. The van der Waals surface area contributed by atoms with Crippen molar-refractivity contribution in [2.75, 3.05) is 19.6 Å². The number of carbonyl (C=O) groups is 2. The van der Waals surface area contributed by atoms with Crippen LogP contribution in [0.3, 0.4) is 0 Å². The fraction of sp³-hybridized carbons (Fsp3) is 0.273. The van der Waals surface area contributed by atoms with E-state index in [1.54, 1.807) is 30.3 Å². The zero-order valence-corrected chi connectivity index (χ0v) is 30.6. The molecule has 0 unspecified atom stereocenters. The summed E-state index contributed by atoms with van der Waals surface area (Å²) in [4.78, 5) is 30.0. The molecule has 1 fully saturated rings. The molecule has 11 nitrogen and oxygen atoms in total. The van der Waals surface area contributed by atoms with Gasteiger partial charge in [-0.1, -0.05) is 47.5 Å². The number of hydrogen-bond acceptors (Lipinski definition) is 8. The van der Waals surface area contributed by atoms with E-state index in [0.717, 1.165) is 26.5 Å². The zero-order valence-electron chi connectivity index (χ0n) is 26.6. The summed E-state index contributed by atoms with van der Waals surface area (Å²) < 4.78 is 35.0. The summed E-state index contributed by atoms with van der Waals surface area (Å²) in [5.74, 6) is 4.87. The fourth-order valence-electron chi connectivity index (χ4n) is 5.53. The normalized spacial score (nSPS) is 14.7. The molecule has 2 amide bonds. The molecule has 16 heteroatoms. The molecule has 3 aromatic carbocycles. The third-order valence-corrected chi connectivity index (χ3v) is 10.7. The first kappa shape index (κ1) is 39.8. The Morgan fingerprint density at radius 3 is 2.49 bits per heavy atom. The molecule has 4 aromatic rings. The fourth-order valence-corrected chi connectivity index (χ4v) is 8.05. The maximum Gasteiger partial charge on any atom is 0.251 e. The highest BCUT2D eigenvalue weighted by Crippen LogP contribution is 2.36. The summed E-state index contributed by atoms with van der Waals surface area (Å²) in [6.07, 6.45) is 2.29. The number of para-hydroxylation sites is 1. The predicted molar refractivity (Wildman–Crippen MR) is 197 cm³/mol. The van der Waals surface area contributed by atoms with E-state index in [9.17, 15) is 18.0 Å². The highest BCUT2D eigenvalue weighted by molar-refractivity contribution is 7.89. The minimum atomic E-state index is -4.19. The Kier molecular flexibility index (Phi) is 14.1. The highest BCUT2D eigenvalue weighted by Gasteiger charge is 2.40. The summed E-state index contributed by atoms with van der Waals surface area (Å²) in [7, 11) is -4.19. The van der Waals surface area contributed by atoms with E-state index in [0.29, 0.717) is 35.2 Å². The van der Waals surface area contributed by atoms with Gasteiger partial charge in [-0.3, -0.25) is 9.59 Å². The van der Waals surface area contributed by atoms with Crippen LogP contribution in [0, 0.1) is 13.8 Å². The number of hydrazone groups is 1. The first-order valence-electron chi connectivity index (χ1n) is 14.9. The Labute approximate surface area is 307 Å². The van der Waals surface area contributed by atoms with Gasteiger partial charge in [0.2, 0.25) is 15.9 Å². The second-order valence-electron chi connectivity index (χ2n) is 11.1. The van der Waals surface area contributed by atoms with Crippen molar-refractivity contribution >= 4 is 87.0 Å². The molecule has 0 saturated carbocycles. The van der Waals surface area contributed by atoms with Gasteiger partial charge in [0.05, 0.1) is 11.2 Å². The summed E-state index contributed by atoms with van der Waals surface area (Å²) >= 11 is 13.2. The van der Waals surface area contributed by atoms with Crippen molar-refractivity contribution < 1.29 is 22.7 Å². The standard InChI is InChI=1S/C33H34Cl2N6O5S.2ClH/c1-20-17-21(2)40-31-24(20)5-3-7-28(31)46-19-25-26(34)12-13-29(30(25)35)47(44,45)41-16-4-6-27(41)33(43)38-15-14-37-32(42)23-10-8-22(9-11-23)18-39-36;;/h3,5,7-13,17-18,27H,4,6,14-16,19,36H2,1-2H3,(H,37,42)(H,38,43);2*1H/t27-;;/m0../s1. The van der Waals surface area contributed by atoms with E-state index in [4.69, 9.17) is 33.8 Å². The molecule has 2 heterocycles. The molecule has 4 N–H and O–H groups in total. The maximum atomic E-state index is 13.9. The lowest BCUT2D eigenvalue weighted by Crippen LogP contribution is -2.47. The van der Waals surface area contributed by atoms with Gasteiger partial charge < -0.3 is 21.2 Å². The van der Waals surface area contributed by atoms with Gasteiger partial charge in [-0.15, -0.1) is 24.8 Å². The number of halogens is 4. The minimum absolute atomic E-state index is 0. The Bertz CT molecular complexity index is 1960. The zero-order chi connectivity index (χ0) is 33.7. The number of hydrogen-bond donors (Lipinski definition) is 3. The van der Waals surface area contributed by atoms with Crippen molar-refractivity contribution in [3.05, 3.63) is 98.7 Å². The van der Waals surface area contributed by atoms with Crippen LogP contribution < -0.4 is 21.2 Å². The molecule has 262 valence electrons. The van der Waals surface area contributed by atoms with Crippen LogP contribution in [0.1, 0.15) is 45.6 Å². The Balaban J connectivity index is 0.00000325. The lowest BCUT2D eigenvalue weighted by Gasteiger charge is -2.24. The Morgan fingerprint density at radius 2 is 1.78 bits per heavy atom. The third-order valence-electron chi connectivity index (χ3n) is 7.86. The SMILES string of the molecule is Cc1cc(C)c2cccc(OCc3c(Cl)ccc(S(=O)(=O)N4CCC[C@H]4C(=O)NCCNC(=O)c4ccc(C=NN)cc4)c3Cl)c2n1.Cl.Cl. The molecular weight excluding hydrogens is 734 g/mol. The van der Waals surface area contributed by atoms with Gasteiger partial charge >= 0.3 is 0 Å². The predicted octanol–water partition coefficient (Wildman–Crippen LogP) is 5.57. The van der Waals surface area contributed by atoms with Gasteiger partial charge in [-0.25, -0.2) is 13.4 Å². The second kappa shape index (κ2) is 17.3. The summed E-state index contributed by atoms with van der Waals surface area (Å²) in [6.45, 7) is 4.20. The van der Waals surface area contributed by atoms with Crippen molar-refractivity contribution in [2.24, 2.45) is 10.9 Å². The van der Waals surface area contributed by atoms with Crippen molar-refractivity contribution in [1.82, 2.24) is 19.9 Å². The maximum absolute atomic E-state index is 13.9. The van der Waals surface area contributed by atoms with E-state index >= 15 is 0 Å². The number of fused-ring (bicyclic) bond motifs is 1. The van der Waals surface area contributed by atoms with Gasteiger partial charge in [0.25, 0.3) is 5.91 Å². The van der Waals surface area contributed by atoms with Crippen molar-refractivity contribution in [1.29, 1.82) is 0 Å². The van der Waals surface area contributed by atoms with Crippen molar-refractivity contribution in [3.63, 3.8) is 0 Å². The number of ether oxygens (including phenoxy) is 1. The van der Waals surface area contributed by atoms with E-state index < -0.39 is 22.0 Å². The summed E-state index contributed by atoms with van der Waals surface area (Å²) in [5.41, 5.74) is 4.05. The number of aromatic nitrogens is 1. The number of nitrogens with two attached hydrogens (primary N) is 1. The molecule has 0 aliphatic carbocycles. The number of nitrogens with zero attached hydrogens (tertiary/aromatic N) is 3. The summed E-state index contributed by atoms with van der Waals surface area (Å²) in [6, 6.07) is 16.1. The van der Waals surface area contributed by atoms with Crippen LogP contribution in [0.25, 0.3) is 10.9 Å². The molecule has 1 atom stereocenters. The van der Waals surface area contributed by atoms with E-state index in [1.807, 2.05) is 32.0 Å². The van der Waals surface area contributed by atoms with Crippen LogP contribution in [0.15, 0.2) is 70.7 Å². The number of carbonyl (C=O) groups excluding carboxylic acids is 2. The highest BCUT2D eigenvalue weighted by atomic mass is 35.5.